The monoisotopic (exact) mass is 278 g/mol. The van der Waals surface area contributed by atoms with Crippen LogP contribution in [0.15, 0.2) is 54.7 Å². The van der Waals surface area contributed by atoms with Gasteiger partial charge in [-0.2, -0.15) is 0 Å². The quantitative estimate of drug-likeness (QED) is 0.794. The van der Waals surface area contributed by atoms with Crippen LogP contribution in [-0.4, -0.2) is 14.5 Å². The largest absolute Gasteiger partial charge is 0.350 e. The normalized spacial score (nSPS) is 10.6. The Kier molecular flexibility index (Phi) is 3.69. The van der Waals surface area contributed by atoms with Gasteiger partial charge in [-0.05, 0) is 38.1 Å². The predicted molar refractivity (Wildman–Crippen MR) is 84.6 cm³/mol. The number of para-hydroxylation sites is 1. The zero-order chi connectivity index (χ0) is 14.7. The lowest BCUT2D eigenvalue weighted by Gasteiger charge is -2.09. The first-order chi connectivity index (χ1) is 10.2. The van der Waals surface area contributed by atoms with Crippen LogP contribution < -0.4 is 5.32 Å². The van der Waals surface area contributed by atoms with Gasteiger partial charge in [0.1, 0.15) is 0 Å². The summed E-state index contributed by atoms with van der Waals surface area (Å²) in [7, 11) is 0. The van der Waals surface area contributed by atoms with E-state index in [0.717, 1.165) is 28.7 Å². The lowest BCUT2D eigenvalue weighted by atomic mass is 10.3. The summed E-state index contributed by atoms with van der Waals surface area (Å²) in [4.78, 5) is 9.05. The lowest BCUT2D eigenvalue weighted by Crippen LogP contribution is -2.07. The standard InChI is InChI=1S/C17H18N4/c1-13-7-6-8-15(19-13)11-18-17-20-14(2)12-21(17)16-9-4-3-5-10-16/h3-10,12H,11H2,1-2H3,(H,18,20). The first-order valence-corrected chi connectivity index (χ1v) is 7.00. The van der Waals surface area contributed by atoms with Crippen LogP contribution in [0.4, 0.5) is 5.95 Å². The zero-order valence-corrected chi connectivity index (χ0v) is 12.2. The molecule has 0 saturated heterocycles. The van der Waals surface area contributed by atoms with Gasteiger partial charge in [0.25, 0.3) is 0 Å². The van der Waals surface area contributed by atoms with Crippen LogP contribution in [-0.2, 0) is 6.54 Å². The van der Waals surface area contributed by atoms with E-state index in [0.29, 0.717) is 6.54 Å². The van der Waals surface area contributed by atoms with E-state index in [1.165, 1.54) is 0 Å². The summed E-state index contributed by atoms with van der Waals surface area (Å²) in [6.07, 6.45) is 2.03. The molecular formula is C17H18N4. The second kappa shape index (κ2) is 5.79. The van der Waals surface area contributed by atoms with E-state index in [-0.39, 0.29) is 0 Å². The van der Waals surface area contributed by atoms with E-state index < -0.39 is 0 Å². The average Bonchev–Trinajstić information content (AvgIpc) is 2.87. The van der Waals surface area contributed by atoms with Crippen molar-refractivity contribution >= 4 is 5.95 Å². The van der Waals surface area contributed by atoms with Crippen molar-refractivity contribution in [1.82, 2.24) is 14.5 Å². The van der Waals surface area contributed by atoms with Gasteiger partial charge >= 0.3 is 0 Å². The Morgan fingerprint density at radius 3 is 2.48 bits per heavy atom. The Hall–Kier alpha value is -2.62. The predicted octanol–water partition coefficient (Wildman–Crippen LogP) is 3.50. The van der Waals surface area contributed by atoms with Crippen LogP contribution in [0.3, 0.4) is 0 Å². The molecule has 2 aromatic heterocycles. The number of hydrogen-bond acceptors (Lipinski definition) is 3. The summed E-state index contributed by atoms with van der Waals surface area (Å²) in [5, 5.41) is 3.37. The van der Waals surface area contributed by atoms with Crippen molar-refractivity contribution in [2.75, 3.05) is 5.32 Å². The molecule has 0 saturated carbocycles. The molecule has 0 aliphatic rings. The molecule has 1 aromatic carbocycles. The van der Waals surface area contributed by atoms with Gasteiger partial charge in [-0.3, -0.25) is 9.55 Å². The average molecular weight is 278 g/mol. The SMILES string of the molecule is Cc1cccc(CNc2nc(C)cn2-c2ccccc2)n1. The Morgan fingerprint density at radius 1 is 0.905 bits per heavy atom. The number of nitrogens with one attached hydrogen (secondary N) is 1. The van der Waals surface area contributed by atoms with E-state index in [2.05, 4.69) is 32.0 Å². The Bertz CT molecular complexity index is 732. The maximum atomic E-state index is 4.55. The molecule has 0 aliphatic carbocycles. The topological polar surface area (TPSA) is 42.7 Å². The molecule has 3 aromatic rings. The third kappa shape index (κ3) is 3.11. The Balaban J connectivity index is 1.83. The molecule has 0 bridgehead atoms. The van der Waals surface area contributed by atoms with Crippen LogP contribution in [0, 0.1) is 13.8 Å². The third-order valence-electron chi connectivity index (χ3n) is 3.23. The number of hydrogen-bond donors (Lipinski definition) is 1. The molecule has 21 heavy (non-hydrogen) atoms. The summed E-state index contributed by atoms with van der Waals surface area (Å²) in [5.41, 5.74) is 4.11. The minimum atomic E-state index is 0.658. The minimum Gasteiger partial charge on any atom is -0.350 e. The van der Waals surface area contributed by atoms with Crippen molar-refractivity contribution in [2.45, 2.75) is 20.4 Å². The van der Waals surface area contributed by atoms with Gasteiger partial charge in [0.05, 0.1) is 17.9 Å². The van der Waals surface area contributed by atoms with Gasteiger partial charge in [0, 0.05) is 17.6 Å². The van der Waals surface area contributed by atoms with Gasteiger partial charge in [0.15, 0.2) is 0 Å². The Morgan fingerprint density at radius 2 is 1.71 bits per heavy atom. The molecular weight excluding hydrogens is 260 g/mol. The molecule has 0 aliphatic heterocycles. The third-order valence-corrected chi connectivity index (χ3v) is 3.23. The highest BCUT2D eigenvalue weighted by atomic mass is 15.2. The number of imidazole rings is 1. The van der Waals surface area contributed by atoms with Crippen molar-refractivity contribution in [3.63, 3.8) is 0 Å². The van der Waals surface area contributed by atoms with Gasteiger partial charge in [-0.1, -0.05) is 24.3 Å². The number of nitrogens with zero attached hydrogens (tertiary/aromatic N) is 3. The van der Waals surface area contributed by atoms with Gasteiger partial charge in [0.2, 0.25) is 5.95 Å². The number of aromatic nitrogens is 3. The molecule has 4 nitrogen and oxygen atoms in total. The summed E-state index contributed by atoms with van der Waals surface area (Å²) in [6, 6.07) is 16.2. The molecule has 0 unspecified atom stereocenters. The summed E-state index contributed by atoms with van der Waals surface area (Å²) < 4.78 is 2.06. The van der Waals surface area contributed by atoms with E-state index in [9.17, 15) is 0 Å². The first-order valence-electron chi connectivity index (χ1n) is 7.00. The highest BCUT2D eigenvalue weighted by Gasteiger charge is 2.07. The molecule has 0 atom stereocenters. The fraction of sp³-hybridized carbons (Fsp3) is 0.176. The molecule has 0 fully saturated rings. The van der Waals surface area contributed by atoms with E-state index in [4.69, 9.17) is 0 Å². The maximum Gasteiger partial charge on any atom is 0.208 e. The van der Waals surface area contributed by atoms with Crippen LogP contribution in [0.25, 0.3) is 5.69 Å². The molecule has 1 N–H and O–H groups in total. The number of rotatable bonds is 4. The molecule has 4 heteroatoms. The number of aryl methyl sites for hydroxylation is 2. The molecule has 106 valence electrons. The highest BCUT2D eigenvalue weighted by Crippen LogP contribution is 2.16. The summed E-state index contributed by atoms with van der Waals surface area (Å²) >= 11 is 0. The van der Waals surface area contributed by atoms with Gasteiger partial charge in [-0.15, -0.1) is 0 Å². The van der Waals surface area contributed by atoms with Crippen LogP contribution in [0.2, 0.25) is 0 Å². The maximum absolute atomic E-state index is 4.55. The highest BCUT2D eigenvalue weighted by molar-refractivity contribution is 5.43. The van der Waals surface area contributed by atoms with Crippen molar-refractivity contribution in [1.29, 1.82) is 0 Å². The zero-order valence-electron chi connectivity index (χ0n) is 12.2. The van der Waals surface area contributed by atoms with Crippen LogP contribution in [0.1, 0.15) is 17.1 Å². The molecule has 0 radical (unpaired) electrons. The van der Waals surface area contributed by atoms with E-state index in [1.807, 2.05) is 56.4 Å². The van der Waals surface area contributed by atoms with Gasteiger partial charge in [-0.25, -0.2) is 4.98 Å². The Labute approximate surface area is 124 Å². The van der Waals surface area contributed by atoms with Crippen molar-refractivity contribution in [3.8, 4) is 5.69 Å². The van der Waals surface area contributed by atoms with Crippen LogP contribution in [0.5, 0.6) is 0 Å². The number of anilines is 1. The van der Waals surface area contributed by atoms with Gasteiger partial charge < -0.3 is 5.32 Å². The molecule has 3 rings (SSSR count). The minimum absolute atomic E-state index is 0.658. The fourth-order valence-corrected chi connectivity index (χ4v) is 2.28. The molecule has 2 heterocycles. The first kappa shape index (κ1) is 13.4. The smallest absolute Gasteiger partial charge is 0.208 e. The molecule has 0 spiro atoms. The number of pyridine rings is 1. The lowest BCUT2D eigenvalue weighted by molar-refractivity contribution is 0.962. The van der Waals surface area contributed by atoms with E-state index >= 15 is 0 Å². The van der Waals surface area contributed by atoms with Crippen molar-refractivity contribution < 1.29 is 0 Å². The second-order valence-electron chi connectivity index (χ2n) is 5.04. The summed E-state index contributed by atoms with van der Waals surface area (Å²) in [5.74, 6) is 0.835. The van der Waals surface area contributed by atoms with Crippen LogP contribution >= 0.6 is 0 Å². The van der Waals surface area contributed by atoms with Crippen molar-refractivity contribution in [2.24, 2.45) is 0 Å². The van der Waals surface area contributed by atoms with E-state index in [1.54, 1.807) is 0 Å². The fourth-order valence-electron chi connectivity index (χ4n) is 2.28. The second-order valence-corrected chi connectivity index (χ2v) is 5.04. The summed E-state index contributed by atoms with van der Waals surface area (Å²) in [6.45, 7) is 4.65. The molecule has 0 amide bonds. The van der Waals surface area contributed by atoms with Crippen molar-refractivity contribution in [3.05, 3.63) is 71.8 Å². The number of benzene rings is 1.